The minimum atomic E-state index is -0.272. The van der Waals surface area contributed by atoms with Crippen LogP contribution in [0.1, 0.15) is 12.5 Å². The van der Waals surface area contributed by atoms with Gasteiger partial charge in [-0.15, -0.1) is 0 Å². The van der Waals surface area contributed by atoms with Gasteiger partial charge < -0.3 is 10.5 Å². The van der Waals surface area contributed by atoms with Crippen LogP contribution in [0.3, 0.4) is 0 Å². The molecular formula is C15H15FINO. The molecule has 0 fully saturated rings. The summed E-state index contributed by atoms with van der Waals surface area (Å²) in [6.07, 6.45) is 0.580. The average molecular weight is 371 g/mol. The van der Waals surface area contributed by atoms with Gasteiger partial charge in [0.1, 0.15) is 17.3 Å². The normalized spacial score (nSPS) is 12.2. The van der Waals surface area contributed by atoms with E-state index >= 15 is 0 Å². The van der Waals surface area contributed by atoms with E-state index in [2.05, 4.69) is 22.6 Å². The van der Waals surface area contributed by atoms with Crippen molar-refractivity contribution in [3.8, 4) is 11.5 Å². The van der Waals surface area contributed by atoms with E-state index in [1.807, 2.05) is 31.2 Å². The van der Waals surface area contributed by atoms with Crippen LogP contribution in [0, 0.1) is 9.39 Å². The summed E-state index contributed by atoms with van der Waals surface area (Å²) in [5.74, 6) is 1.15. The van der Waals surface area contributed by atoms with Gasteiger partial charge in [0.15, 0.2) is 0 Å². The third-order valence-electron chi connectivity index (χ3n) is 2.62. The van der Waals surface area contributed by atoms with Crippen LogP contribution in [-0.4, -0.2) is 6.04 Å². The molecule has 2 aromatic rings. The predicted molar refractivity (Wildman–Crippen MR) is 83.0 cm³/mol. The van der Waals surface area contributed by atoms with Gasteiger partial charge in [-0.3, -0.25) is 0 Å². The van der Waals surface area contributed by atoms with Crippen LogP contribution in [-0.2, 0) is 6.42 Å². The van der Waals surface area contributed by atoms with Crippen LogP contribution in [0.2, 0.25) is 0 Å². The van der Waals surface area contributed by atoms with Crippen molar-refractivity contribution in [3.05, 3.63) is 57.4 Å². The van der Waals surface area contributed by atoms with Crippen molar-refractivity contribution in [3.63, 3.8) is 0 Å². The fraction of sp³-hybridized carbons (Fsp3) is 0.200. The van der Waals surface area contributed by atoms with E-state index in [0.717, 1.165) is 14.9 Å². The van der Waals surface area contributed by atoms with Crippen LogP contribution in [0.15, 0.2) is 42.5 Å². The fourth-order valence-corrected chi connectivity index (χ4v) is 2.30. The smallest absolute Gasteiger partial charge is 0.140 e. The summed E-state index contributed by atoms with van der Waals surface area (Å²) in [7, 11) is 0. The summed E-state index contributed by atoms with van der Waals surface area (Å²) < 4.78 is 20.2. The van der Waals surface area contributed by atoms with Crippen LogP contribution in [0.4, 0.5) is 4.39 Å². The third kappa shape index (κ3) is 3.91. The molecule has 0 saturated carbocycles. The van der Waals surface area contributed by atoms with E-state index in [1.165, 1.54) is 12.1 Å². The summed E-state index contributed by atoms with van der Waals surface area (Å²) in [6, 6.07) is 12.2. The van der Waals surface area contributed by atoms with Gasteiger partial charge in [-0.2, -0.15) is 0 Å². The van der Waals surface area contributed by atoms with Crippen molar-refractivity contribution in [2.45, 2.75) is 19.4 Å². The lowest BCUT2D eigenvalue weighted by Gasteiger charge is -2.14. The number of benzene rings is 2. The highest BCUT2D eigenvalue weighted by atomic mass is 127. The zero-order valence-corrected chi connectivity index (χ0v) is 12.7. The van der Waals surface area contributed by atoms with Gasteiger partial charge in [-0.25, -0.2) is 4.39 Å². The van der Waals surface area contributed by atoms with Gasteiger partial charge in [0.25, 0.3) is 0 Å². The number of halogens is 2. The van der Waals surface area contributed by atoms with E-state index in [4.69, 9.17) is 10.5 Å². The number of hydrogen-bond donors (Lipinski definition) is 1. The minimum absolute atomic E-state index is 0.0426. The second kappa shape index (κ2) is 6.34. The Balaban J connectivity index is 2.32. The standard InChI is InChI=1S/C15H15FINO/c1-10(18)8-11-9-12(16)6-7-14(11)19-15-5-3-2-4-13(15)17/h2-7,9-10H,8,18H2,1H3. The first kappa shape index (κ1) is 14.3. The molecule has 0 bridgehead atoms. The predicted octanol–water partition coefficient (Wildman–Crippen LogP) is 4.11. The van der Waals surface area contributed by atoms with Crippen molar-refractivity contribution >= 4 is 22.6 Å². The van der Waals surface area contributed by atoms with Gasteiger partial charge in [-0.1, -0.05) is 12.1 Å². The van der Waals surface area contributed by atoms with E-state index in [-0.39, 0.29) is 11.9 Å². The highest BCUT2D eigenvalue weighted by molar-refractivity contribution is 14.1. The summed E-state index contributed by atoms with van der Waals surface area (Å²) in [5.41, 5.74) is 6.57. The molecule has 4 heteroatoms. The van der Waals surface area contributed by atoms with E-state index in [9.17, 15) is 4.39 Å². The summed E-state index contributed by atoms with van der Waals surface area (Å²) >= 11 is 2.21. The Labute approximate surface area is 125 Å². The first-order valence-electron chi connectivity index (χ1n) is 6.02. The maximum Gasteiger partial charge on any atom is 0.140 e. The van der Waals surface area contributed by atoms with E-state index < -0.39 is 0 Å². The molecule has 2 nitrogen and oxygen atoms in total. The minimum Gasteiger partial charge on any atom is -0.456 e. The highest BCUT2D eigenvalue weighted by Crippen LogP contribution is 2.30. The second-order valence-corrected chi connectivity index (χ2v) is 5.63. The Morgan fingerprint density at radius 2 is 1.95 bits per heavy atom. The lowest BCUT2D eigenvalue weighted by Crippen LogP contribution is -2.18. The molecule has 0 aliphatic heterocycles. The number of para-hydroxylation sites is 1. The molecule has 2 aromatic carbocycles. The Bertz CT molecular complexity index is 572. The monoisotopic (exact) mass is 371 g/mol. The molecule has 0 aliphatic carbocycles. The molecule has 0 amide bonds. The SMILES string of the molecule is CC(N)Cc1cc(F)ccc1Oc1ccccc1I. The molecule has 0 aromatic heterocycles. The molecule has 0 spiro atoms. The lowest BCUT2D eigenvalue weighted by atomic mass is 10.1. The van der Waals surface area contributed by atoms with Crippen LogP contribution >= 0.6 is 22.6 Å². The quantitative estimate of drug-likeness (QED) is 0.821. The van der Waals surface area contributed by atoms with Gasteiger partial charge in [0.2, 0.25) is 0 Å². The maximum atomic E-state index is 13.3. The summed E-state index contributed by atoms with van der Waals surface area (Å²) in [6.45, 7) is 1.89. The third-order valence-corrected chi connectivity index (χ3v) is 3.51. The van der Waals surface area contributed by atoms with Crippen molar-refractivity contribution in [2.75, 3.05) is 0 Å². The molecule has 2 rings (SSSR count). The number of nitrogens with two attached hydrogens (primary N) is 1. The van der Waals surface area contributed by atoms with Crippen LogP contribution in [0.5, 0.6) is 11.5 Å². The first-order chi connectivity index (χ1) is 9.06. The molecule has 1 atom stereocenters. The molecule has 0 heterocycles. The fourth-order valence-electron chi connectivity index (χ4n) is 1.80. The van der Waals surface area contributed by atoms with Crippen molar-refractivity contribution in [1.29, 1.82) is 0 Å². The molecule has 0 radical (unpaired) electrons. The Hall–Kier alpha value is -1.14. The number of hydrogen-bond acceptors (Lipinski definition) is 2. The molecule has 100 valence electrons. The highest BCUT2D eigenvalue weighted by Gasteiger charge is 2.10. The van der Waals surface area contributed by atoms with Gasteiger partial charge in [-0.05, 0) is 71.8 Å². The number of rotatable bonds is 4. The van der Waals surface area contributed by atoms with Crippen molar-refractivity contribution in [1.82, 2.24) is 0 Å². The van der Waals surface area contributed by atoms with E-state index in [0.29, 0.717) is 12.2 Å². The first-order valence-corrected chi connectivity index (χ1v) is 7.10. The summed E-state index contributed by atoms with van der Waals surface area (Å²) in [4.78, 5) is 0. The van der Waals surface area contributed by atoms with Crippen LogP contribution < -0.4 is 10.5 Å². The molecule has 2 N–H and O–H groups in total. The molecule has 1 unspecified atom stereocenters. The van der Waals surface area contributed by atoms with Gasteiger partial charge in [0, 0.05) is 6.04 Å². The maximum absolute atomic E-state index is 13.3. The molecule has 0 saturated heterocycles. The van der Waals surface area contributed by atoms with Crippen molar-refractivity contribution < 1.29 is 9.13 Å². The zero-order chi connectivity index (χ0) is 13.8. The topological polar surface area (TPSA) is 35.2 Å². The second-order valence-electron chi connectivity index (χ2n) is 4.47. The van der Waals surface area contributed by atoms with Gasteiger partial charge in [0.05, 0.1) is 3.57 Å². The van der Waals surface area contributed by atoms with Crippen LogP contribution in [0.25, 0.3) is 0 Å². The average Bonchev–Trinajstić information content (AvgIpc) is 2.34. The Morgan fingerprint density at radius 1 is 1.21 bits per heavy atom. The van der Waals surface area contributed by atoms with Gasteiger partial charge >= 0.3 is 0 Å². The van der Waals surface area contributed by atoms with E-state index in [1.54, 1.807) is 6.07 Å². The number of ether oxygens (including phenoxy) is 1. The molecule has 0 aliphatic rings. The molecule has 19 heavy (non-hydrogen) atoms. The lowest BCUT2D eigenvalue weighted by molar-refractivity contribution is 0.468. The Morgan fingerprint density at radius 3 is 2.63 bits per heavy atom. The Kier molecular flexibility index (Phi) is 4.76. The summed E-state index contributed by atoms with van der Waals surface area (Å²) in [5, 5.41) is 0. The van der Waals surface area contributed by atoms with Crippen molar-refractivity contribution in [2.24, 2.45) is 5.73 Å². The zero-order valence-electron chi connectivity index (χ0n) is 10.6. The molecular weight excluding hydrogens is 356 g/mol. The largest absolute Gasteiger partial charge is 0.456 e.